The lowest BCUT2D eigenvalue weighted by Crippen LogP contribution is -2.23. The molecule has 1 aromatic carbocycles. The van der Waals surface area contributed by atoms with E-state index in [-0.39, 0.29) is 5.97 Å². The number of benzene rings is 1. The Labute approximate surface area is 127 Å². The van der Waals surface area contributed by atoms with Crippen LogP contribution in [0.25, 0.3) is 6.08 Å². The van der Waals surface area contributed by atoms with Crippen molar-refractivity contribution in [3.63, 3.8) is 0 Å². The lowest BCUT2D eigenvalue weighted by molar-refractivity contribution is -0.138. The average Bonchev–Trinajstić information content (AvgIpc) is 2.77. The number of ether oxygens (including phenoxy) is 1. The number of nitrogens with zero attached hydrogens (tertiary/aromatic N) is 1. The van der Waals surface area contributed by atoms with Crippen LogP contribution in [0.1, 0.15) is 45.1 Å². The summed E-state index contributed by atoms with van der Waals surface area (Å²) in [4.78, 5) is 14.1. The Bertz CT molecular complexity index is 482. The van der Waals surface area contributed by atoms with E-state index < -0.39 is 0 Å². The molecule has 1 aliphatic rings. The second kappa shape index (κ2) is 7.87. The molecule has 0 radical (unpaired) electrons. The van der Waals surface area contributed by atoms with Gasteiger partial charge in [0, 0.05) is 24.4 Å². The van der Waals surface area contributed by atoms with E-state index in [2.05, 4.69) is 29.2 Å². The van der Waals surface area contributed by atoms with E-state index in [1.54, 1.807) is 6.92 Å². The fraction of sp³-hybridized carbons (Fsp3) is 0.500. The Morgan fingerprint density at radius 3 is 2.33 bits per heavy atom. The lowest BCUT2D eigenvalue weighted by Gasteiger charge is -2.22. The van der Waals surface area contributed by atoms with Crippen molar-refractivity contribution in [1.82, 2.24) is 0 Å². The van der Waals surface area contributed by atoms with Crippen LogP contribution in [0, 0.1) is 0 Å². The Morgan fingerprint density at radius 2 is 1.76 bits per heavy atom. The number of carbonyl (C=O) groups excluding carboxylic acids is 1. The van der Waals surface area contributed by atoms with Gasteiger partial charge in [-0.15, -0.1) is 0 Å². The van der Waals surface area contributed by atoms with Crippen molar-refractivity contribution in [3.05, 3.63) is 35.4 Å². The molecule has 1 saturated heterocycles. The van der Waals surface area contributed by atoms with Crippen LogP contribution in [0.3, 0.4) is 0 Å². The van der Waals surface area contributed by atoms with Crippen LogP contribution < -0.4 is 4.90 Å². The predicted molar refractivity (Wildman–Crippen MR) is 87.4 cm³/mol. The summed E-state index contributed by atoms with van der Waals surface area (Å²) in [6.07, 6.45) is 7.13. The third kappa shape index (κ3) is 4.62. The average molecular weight is 287 g/mol. The Balaban J connectivity index is 2.04. The molecular weight excluding hydrogens is 262 g/mol. The summed E-state index contributed by atoms with van der Waals surface area (Å²) < 4.78 is 4.99. The van der Waals surface area contributed by atoms with Crippen LogP contribution in [-0.2, 0) is 9.53 Å². The van der Waals surface area contributed by atoms with Gasteiger partial charge in [0.05, 0.1) is 6.61 Å². The Morgan fingerprint density at radius 1 is 1.14 bits per heavy atom. The molecule has 2 rings (SSSR count). The maximum atomic E-state index is 11.6. The summed E-state index contributed by atoms with van der Waals surface area (Å²) >= 11 is 0. The summed E-state index contributed by atoms with van der Waals surface area (Å²) in [5, 5.41) is 0. The molecule has 114 valence electrons. The van der Waals surface area contributed by atoms with Gasteiger partial charge < -0.3 is 9.64 Å². The fourth-order valence-corrected chi connectivity index (χ4v) is 2.66. The van der Waals surface area contributed by atoms with Gasteiger partial charge in [-0.05, 0) is 50.5 Å². The summed E-state index contributed by atoms with van der Waals surface area (Å²) in [6.45, 7) is 6.33. The van der Waals surface area contributed by atoms with Gasteiger partial charge in [-0.3, -0.25) is 0 Å². The zero-order chi connectivity index (χ0) is 15.1. The van der Waals surface area contributed by atoms with E-state index in [0.717, 1.165) is 18.7 Å². The minimum atomic E-state index is -0.242. The number of hydrogen-bond acceptors (Lipinski definition) is 3. The lowest BCUT2D eigenvalue weighted by atomic mass is 10.1. The summed E-state index contributed by atoms with van der Waals surface area (Å²) in [5.74, 6) is -0.242. The normalized spacial score (nSPS) is 16.5. The molecule has 3 heteroatoms. The molecule has 0 unspecified atom stereocenters. The van der Waals surface area contributed by atoms with Crippen LogP contribution in [0.5, 0.6) is 0 Å². The van der Waals surface area contributed by atoms with E-state index in [1.807, 2.05) is 13.0 Å². The smallest absolute Gasteiger partial charge is 0.333 e. The highest BCUT2D eigenvalue weighted by molar-refractivity contribution is 5.93. The van der Waals surface area contributed by atoms with Gasteiger partial charge >= 0.3 is 5.97 Å². The first-order valence-corrected chi connectivity index (χ1v) is 7.91. The van der Waals surface area contributed by atoms with E-state index >= 15 is 0 Å². The van der Waals surface area contributed by atoms with Gasteiger partial charge in [0.15, 0.2) is 0 Å². The molecule has 1 fully saturated rings. The number of anilines is 1. The quantitative estimate of drug-likeness (QED) is 0.618. The first-order chi connectivity index (χ1) is 10.2. The molecule has 0 atom stereocenters. The van der Waals surface area contributed by atoms with Gasteiger partial charge in [-0.2, -0.15) is 0 Å². The van der Waals surface area contributed by atoms with Crippen molar-refractivity contribution in [2.45, 2.75) is 39.5 Å². The molecule has 0 bridgehead atoms. The van der Waals surface area contributed by atoms with Crippen molar-refractivity contribution < 1.29 is 9.53 Å². The topological polar surface area (TPSA) is 29.5 Å². The minimum Gasteiger partial charge on any atom is -0.463 e. The van der Waals surface area contributed by atoms with Gasteiger partial charge in [-0.25, -0.2) is 4.79 Å². The molecule has 0 amide bonds. The molecule has 1 aliphatic heterocycles. The maximum absolute atomic E-state index is 11.6. The second-order valence-corrected chi connectivity index (χ2v) is 5.54. The third-order valence-corrected chi connectivity index (χ3v) is 3.84. The molecule has 1 heterocycles. The summed E-state index contributed by atoms with van der Waals surface area (Å²) in [7, 11) is 0. The number of carbonyl (C=O) groups is 1. The minimum absolute atomic E-state index is 0.242. The molecular formula is C18H25NO2. The number of rotatable bonds is 4. The largest absolute Gasteiger partial charge is 0.463 e. The first kappa shape index (κ1) is 15.6. The highest BCUT2D eigenvalue weighted by Gasteiger charge is 2.09. The maximum Gasteiger partial charge on any atom is 0.333 e. The van der Waals surface area contributed by atoms with Crippen molar-refractivity contribution in [2.24, 2.45) is 0 Å². The fourth-order valence-electron chi connectivity index (χ4n) is 2.66. The van der Waals surface area contributed by atoms with E-state index in [1.165, 1.54) is 31.4 Å². The Kier molecular flexibility index (Phi) is 5.85. The first-order valence-electron chi connectivity index (χ1n) is 7.91. The molecule has 0 saturated carbocycles. The van der Waals surface area contributed by atoms with Crippen molar-refractivity contribution >= 4 is 17.7 Å². The zero-order valence-corrected chi connectivity index (χ0v) is 13.1. The molecule has 3 nitrogen and oxygen atoms in total. The SMILES string of the molecule is CCOC(=O)C(C)=Cc1ccc(N2CCCCCC2)cc1. The van der Waals surface area contributed by atoms with Crippen LogP contribution in [0.4, 0.5) is 5.69 Å². The number of esters is 1. The van der Waals surface area contributed by atoms with Gasteiger partial charge in [-0.1, -0.05) is 25.0 Å². The molecule has 0 aliphatic carbocycles. The van der Waals surface area contributed by atoms with Crippen LogP contribution in [0.15, 0.2) is 29.8 Å². The second-order valence-electron chi connectivity index (χ2n) is 5.54. The predicted octanol–water partition coefficient (Wildman–Crippen LogP) is 4.03. The standard InChI is InChI=1S/C18H25NO2/c1-3-21-18(20)15(2)14-16-8-10-17(11-9-16)19-12-6-4-5-7-13-19/h8-11,14H,3-7,12-13H2,1-2H3. The van der Waals surface area contributed by atoms with Gasteiger partial charge in [0.1, 0.15) is 0 Å². The van der Waals surface area contributed by atoms with Crippen LogP contribution in [-0.4, -0.2) is 25.7 Å². The van der Waals surface area contributed by atoms with Crippen molar-refractivity contribution in [3.8, 4) is 0 Å². The van der Waals surface area contributed by atoms with E-state index in [4.69, 9.17) is 4.74 Å². The Hall–Kier alpha value is -1.77. The molecule has 0 spiro atoms. The third-order valence-electron chi connectivity index (χ3n) is 3.84. The van der Waals surface area contributed by atoms with Crippen LogP contribution in [0.2, 0.25) is 0 Å². The highest BCUT2D eigenvalue weighted by Crippen LogP contribution is 2.21. The van der Waals surface area contributed by atoms with E-state index in [0.29, 0.717) is 12.2 Å². The molecule has 21 heavy (non-hydrogen) atoms. The molecule has 0 aromatic heterocycles. The highest BCUT2D eigenvalue weighted by atomic mass is 16.5. The van der Waals surface area contributed by atoms with Gasteiger partial charge in [0.2, 0.25) is 0 Å². The van der Waals surface area contributed by atoms with E-state index in [9.17, 15) is 4.79 Å². The number of hydrogen-bond donors (Lipinski definition) is 0. The van der Waals surface area contributed by atoms with Gasteiger partial charge in [0.25, 0.3) is 0 Å². The monoisotopic (exact) mass is 287 g/mol. The van der Waals surface area contributed by atoms with Crippen LogP contribution >= 0.6 is 0 Å². The molecule has 0 N–H and O–H groups in total. The van der Waals surface area contributed by atoms with Crippen molar-refractivity contribution in [1.29, 1.82) is 0 Å². The molecule has 1 aromatic rings. The summed E-state index contributed by atoms with van der Waals surface area (Å²) in [5.41, 5.74) is 2.96. The summed E-state index contributed by atoms with van der Waals surface area (Å²) in [6, 6.07) is 8.44. The zero-order valence-electron chi connectivity index (χ0n) is 13.1. The van der Waals surface area contributed by atoms with Crippen molar-refractivity contribution in [2.75, 3.05) is 24.6 Å².